The monoisotopic (exact) mass is 231 g/mol. The lowest BCUT2D eigenvalue weighted by Crippen LogP contribution is -2.29. The first-order valence-corrected chi connectivity index (χ1v) is 6.32. The smallest absolute Gasteiger partial charge is 0.0587 e. The highest BCUT2D eigenvalue weighted by Crippen LogP contribution is 2.17. The normalized spacial score (nSPS) is 15.4. The Kier molecular flexibility index (Phi) is 9.99. The summed E-state index contributed by atoms with van der Waals surface area (Å²) in [7, 11) is 3.52. The fourth-order valence-corrected chi connectivity index (χ4v) is 1.98. The third-order valence-corrected chi connectivity index (χ3v) is 2.79. The summed E-state index contributed by atoms with van der Waals surface area (Å²) in [5, 5.41) is 3.44. The highest BCUT2D eigenvalue weighted by molar-refractivity contribution is 4.68. The van der Waals surface area contributed by atoms with E-state index in [0.717, 1.165) is 32.0 Å². The van der Waals surface area contributed by atoms with Gasteiger partial charge in [0.2, 0.25) is 0 Å². The quantitative estimate of drug-likeness (QED) is 0.585. The predicted molar refractivity (Wildman–Crippen MR) is 68.8 cm³/mol. The van der Waals surface area contributed by atoms with Crippen molar-refractivity contribution in [1.29, 1.82) is 0 Å². The molecule has 3 nitrogen and oxygen atoms in total. The van der Waals surface area contributed by atoms with E-state index in [4.69, 9.17) is 9.47 Å². The van der Waals surface area contributed by atoms with Crippen LogP contribution in [0.5, 0.6) is 0 Å². The molecule has 0 fully saturated rings. The third kappa shape index (κ3) is 9.13. The molecule has 2 atom stereocenters. The Morgan fingerprint density at radius 3 is 2.25 bits per heavy atom. The minimum absolute atomic E-state index is 0.355. The molecule has 0 aliphatic heterocycles. The Balaban J connectivity index is 3.81. The van der Waals surface area contributed by atoms with E-state index in [9.17, 15) is 0 Å². The van der Waals surface area contributed by atoms with Gasteiger partial charge in [-0.1, -0.05) is 13.8 Å². The maximum Gasteiger partial charge on any atom is 0.0587 e. The van der Waals surface area contributed by atoms with Crippen LogP contribution in [0.25, 0.3) is 0 Å². The number of hydrogen-bond acceptors (Lipinski definition) is 3. The molecule has 1 N–H and O–H groups in total. The molecule has 0 radical (unpaired) electrons. The van der Waals surface area contributed by atoms with E-state index in [0.29, 0.717) is 12.0 Å². The minimum atomic E-state index is 0.355. The first-order chi connectivity index (χ1) is 7.60. The fourth-order valence-electron chi connectivity index (χ4n) is 1.98. The van der Waals surface area contributed by atoms with Crippen molar-refractivity contribution in [3.05, 3.63) is 0 Å². The van der Waals surface area contributed by atoms with Crippen molar-refractivity contribution in [1.82, 2.24) is 5.32 Å². The largest absolute Gasteiger partial charge is 0.383 e. The molecule has 0 amide bonds. The molecule has 2 unspecified atom stereocenters. The lowest BCUT2D eigenvalue weighted by atomic mass is 9.92. The van der Waals surface area contributed by atoms with Gasteiger partial charge in [0.05, 0.1) is 12.7 Å². The summed E-state index contributed by atoms with van der Waals surface area (Å²) >= 11 is 0. The molecule has 0 aliphatic carbocycles. The van der Waals surface area contributed by atoms with Crippen LogP contribution in [0, 0.1) is 11.8 Å². The van der Waals surface area contributed by atoms with Crippen LogP contribution in [-0.2, 0) is 9.47 Å². The molecule has 0 aromatic carbocycles. The molecule has 0 aliphatic rings. The lowest BCUT2D eigenvalue weighted by Gasteiger charge is -2.22. The second kappa shape index (κ2) is 10.1. The van der Waals surface area contributed by atoms with Crippen molar-refractivity contribution in [2.45, 2.75) is 39.7 Å². The van der Waals surface area contributed by atoms with Crippen molar-refractivity contribution < 1.29 is 9.47 Å². The Morgan fingerprint density at radius 2 is 1.75 bits per heavy atom. The summed E-state index contributed by atoms with van der Waals surface area (Å²) in [4.78, 5) is 0. The molecule has 0 bridgehead atoms. The fraction of sp³-hybridized carbons (Fsp3) is 1.00. The van der Waals surface area contributed by atoms with Crippen LogP contribution in [0.2, 0.25) is 0 Å². The maximum atomic E-state index is 5.34. The predicted octanol–water partition coefficient (Wildman–Crippen LogP) is 2.31. The summed E-state index contributed by atoms with van der Waals surface area (Å²) in [5.74, 6) is 1.45. The molecule has 0 saturated carbocycles. The van der Waals surface area contributed by atoms with Gasteiger partial charge in [0.15, 0.2) is 0 Å². The minimum Gasteiger partial charge on any atom is -0.383 e. The Morgan fingerprint density at radius 1 is 1.06 bits per heavy atom. The zero-order valence-electron chi connectivity index (χ0n) is 11.6. The van der Waals surface area contributed by atoms with Gasteiger partial charge in [-0.15, -0.1) is 0 Å². The van der Waals surface area contributed by atoms with Crippen molar-refractivity contribution in [2.75, 3.05) is 33.9 Å². The molecule has 3 heteroatoms. The van der Waals surface area contributed by atoms with Gasteiger partial charge in [0, 0.05) is 20.8 Å². The number of rotatable bonds is 10. The summed E-state index contributed by atoms with van der Waals surface area (Å²) < 4.78 is 10.4. The zero-order chi connectivity index (χ0) is 12.4. The molecule has 0 aromatic rings. The van der Waals surface area contributed by atoms with Crippen LogP contribution < -0.4 is 5.32 Å². The van der Waals surface area contributed by atoms with E-state index in [1.807, 2.05) is 0 Å². The van der Waals surface area contributed by atoms with Crippen LogP contribution in [0.1, 0.15) is 33.6 Å². The summed E-state index contributed by atoms with van der Waals surface area (Å²) in [5.41, 5.74) is 0. The Hall–Kier alpha value is -0.120. The Bertz CT molecular complexity index is 151. The van der Waals surface area contributed by atoms with Crippen molar-refractivity contribution >= 4 is 0 Å². The standard InChI is InChI=1S/C13H29NO2/c1-11(2)8-13(9-12(3)16-5)10-14-6-7-15-4/h11-14H,6-10H2,1-5H3. The molecule has 0 heterocycles. The molecule has 16 heavy (non-hydrogen) atoms. The van der Waals surface area contributed by atoms with Crippen molar-refractivity contribution in [3.8, 4) is 0 Å². The lowest BCUT2D eigenvalue weighted by molar-refractivity contribution is 0.0904. The van der Waals surface area contributed by atoms with E-state index in [-0.39, 0.29) is 0 Å². The van der Waals surface area contributed by atoms with Gasteiger partial charge in [-0.2, -0.15) is 0 Å². The molecular weight excluding hydrogens is 202 g/mol. The average Bonchev–Trinajstić information content (AvgIpc) is 2.23. The second-order valence-electron chi connectivity index (χ2n) is 4.97. The molecule has 0 rings (SSSR count). The van der Waals surface area contributed by atoms with Gasteiger partial charge in [-0.25, -0.2) is 0 Å². The van der Waals surface area contributed by atoms with Gasteiger partial charge in [-0.3, -0.25) is 0 Å². The molecule has 0 saturated heterocycles. The van der Waals surface area contributed by atoms with Gasteiger partial charge in [-0.05, 0) is 38.1 Å². The molecule has 0 spiro atoms. The SMILES string of the molecule is COCCNCC(CC(C)C)CC(C)OC. The van der Waals surface area contributed by atoms with Crippen molar-refractivity contribution in [2.24, 2.45) is 11.8 Å². The van der Waals surface area contributed by atoms with Gasteiger partial charge in [0.1, 0.15) is 0 Å². The Labute approximate surface area is 101 Å². The van der Waals surface area contributed by atoms with E-state index in [1.165, 1.54) is 6.42 Å². The summed E-state index contributed by atoms with van der Waals surface area (Å²) in [6.07, 6.45) is 2.75. The summed E-state index contributed by atoms with van der Waals surface area (Å²) in [6, 6.07) is 0. The zero-order valence-corrected chi connectivity index (χ0v) is 11.6. The number of ether oxygens (including phenoxy) is 2. The first kappa shape index (κ1) is 15.9. The van der Waals surface area contributed by atoms with E-state index in [1.54, 1.807) is 14.2 Å². The number of hydrogen-bond donors (Lipinski definition) is 1. The van der Waals surface area contributed by atoms with Crippen molar-refractivity contribution in [3.63, 3.8) is 0 Å². The van der Waals surface area contributed by atoms with E-state index < -0.39 is 0 Å². The second-order valence-corrected chi connectivity index (χ2v) is 4.97. The van der Waals surface area contributed by atoms with E-state index >= 15 is 0 Å². The van der Waals surface area contributed by atoms with Gasteiger partial charge < -0.3 is 14.8 Å². The third-order valence-electron chi connectivity index (χ3n) is 2.79. The van der Waals surface area contributed by atoms with Gasteiger partial charge in [0.25, 0.3) is 0 Å². The topological polar surface area (TPSA) is 30.5 Å². The highest BCUT2D eigenvalue weighted by Gasteiger charge is 2.14. The van der Waals surface area contributed by atoms with Crippen LogP contribution in [-0.4, -0.2) is 40.0 Å². The maximum absolute atomic E-state index is 5.34. The first-order valence-electron chi connectivity index (χ1n) is 6.32. The van der Waals surface area contributed by atoms with Crippen LogP contribution in [0.4, 0.5) is 0 Å². The molecule has 0 aromatic heterocycles. The van der Waals surface area contributed by atoms with Crippen LogP contribution in [0.15, 0.2) is 0 Å². The number of nitrogens with one attached hydrogen (secondary N) is 1. The average molecular weight is 231 g/mol. The van der Waals surface area contributed by atoms with Crippen LogP contribution in [0.3, 0.4) is 0 Å². The molecule has 98 valence electrons. The van der Waals surface area contributed by atoms with Crippen LogP contribution >= 0.6 is 0 Å². The highest BCUT2D eigenvalue weighted by atomic mass is 16.5. The summed E-state index contributed by atoms with van der Waals surface area (Å²) in [6.45, 7) is 9.48. The van der Waals surface area contributed by atoms with Gasteiger partial charge >= 0.3 is 0 Å². The van der Waals surface area contributed by atoms with E-state index in [2.05, 4.69) is 26.1 Å². The number of methoxy groups -OCH3 is 2. The molecular formula is C13H29NO2.